The monoisotopic (exact) mass is 389 g/mol. The number of hydrogen-bond donors (Lipinski definition) is 2. The number of amides is 1. The first-order chi connectivity index (χ1) is 12.5. The lowest BCUT2D eigenvalue weighted by molar-refractivity contribution is -0.117. The van der Waals surface area contributed by atoms with Gasteiger partial charge in [-0.25, -0.2) is 15.0 Å². The van der Waals surface area contributed by atoms with E-state index < -0.39 is 11.3 Å². The van der Waals surface area contributed by atoms with Crippen molar-refractivity contribution in [2.75, 3.05) is 12.4 Å². The van der Waals surface area contributed by atoms with Crippen LogP contribution < -0.4 is 15.8 Å². The molecule has 3 aromatic rings. The van der Waals surface area contributed by atoms with Gasteiger partial charge in [0.05, 0.1) is 23.4 Å². The van der Waals surface area contributed by atoms with Crippen molar-refractivity contribution >= 4 is 40.5 Å². The number of aromatic nitrogens is 3. The molecule has 3 N–H and O–H groups in total. The van der Waals surface area contributed by atoms with Crippen molar-refractivity contribution < 1.29 is 9.53 Å². The Balaban J connectivity index is 1.89. The molecule has 1 unspecified atom stereocenters. The average molecular weight is 390 g/mol. The summed E-state index contributed by atoms with van der Waals surface area (Å²) in [5.74, 6) is 0.533. The number of ether oxygens (including phenoxy) is 1. The fourth-order valence-corrected chi connectivity index (χ4v) is 3.47. The number of halogens is 1. The number of nitrogens with one attached hydrogen (secondary N) is 1. The van der Waals surface area contributed by atoms with Crippen LogP contribution in [0.4, 0.5) is 11.6 Å². The summed E-state index contributed by atoms with van der Waals surface area (Å²) in [7, 11) is 1.61. The topological polar surface area (TPSA) is 103 Å². The van der Waals surface area contributed by atoms with Crippen molar-refractivity contribution in [2.45, 2.75) is 12.3 Å². The van der Waals surface area contributed by atoms with E-state index in [2.05, 4.69) is 20.3 Å². The molecule has 3 rings (SSSR count). The maximum Gasteiger partial charge on any atom is 0.242 e. The number of anilines is 2. The number of hydrogen-bond acceptors (Lipinski definition) is 7. The van der Waals surface area contributed by atoms with Crippen molar-refractivity contribution in [1.82, 2.24) is 15.0 Å². The molecule has 0 radical (unpaired) electrons. The Bertz CT molecular complexity index is 946. The van der Waals surface area contributed by atoms with Gasteiger partial charge in [-0.2, -0.15) is 0 Å². The number of thiazole rings is 1. The summed E-state index contributed by atoms with van der Waals surface area (Å²) < 4.78 is 5.21. The molecule has 0 aliphatic carbocycles. The number of benzene rings is 1. The minimum absolute atomic E-state index is 0.433. The van der Waals surface area contributed by atoms with Gasteiger partial charge < -0.3 is 15.8 Å². The zero-order valence-corrected chi connectivity index (χ0v) is 15.6. The molecular weight excluding hydrogens is 374 g/mol. The van der Waals surface area contributed by atoms with E-state index in [1.165, 1.54) is 11.3 Å². The zero-order chi connectivity index (χ0) is 18.7. The standard InChI is InChI=1S/C17H16ClN5O2S/c1-9-14(26-16(21-9)13(18)15(19)24)12-6-7-20-17(23-12)22-10-4-3-5-11(8-10)25-2/h3-8,13H,1-2H3,(H2,19,24)(H,20,22,23). The summed E-state index contributed by atoms with van der Waals surface area (Å²) in [5, 5.41) is 2.63. The maximum absolute atomic E-state index is 11.3. The number of primary amides is 1. The highest BCUT2D eigenvalue weighted by Crippen LogP contribution is 2.34. The van der Waals surface area contributed by atoms with E-state index in [1.54, 1.807) is 19.4 Å². The lowest BCUT2D eigenvalue weighted by Gasteiger charge is -2.07. The Hall–Kier alpha value is -2.71. The number of carbonyl (C=O) groups is 1. The van der Waals surface area contributed by atoms with Crippen LogP contribution in [0.15, 0.2) is 36.5 Å². The fraction of sp³-hybridized carbons (Fsp3) is 0.176. The molecule has 0 aliphatic rings. The van der Waals surface area contributed by atoms with Gasteiger partial charge >= 0.3 is 0 Å². The minimum Gasteiger partial charge on any atom is -0.497 e. The van der Waals surface area contributed by atoms with Crippen LogP contribution in [0.5, 0.6) is 5.75 Å². The molecule has 7 nitrogen and oxygen atoms in total. The van der Waals surface area contributed by atoms with Gasteiger partial charge in [-0.1, -0.05) is 6.07 Å². The summed E-state index contributed by atoms with van der Waals surface area (Å²) in [5.41, 5.74) is 7.46. The van der Waals surface area contributed by atoms with E-state index in [1.807, 2.05) is 31.2 Å². The molecule has 0 saturated heterocycles. The van der Waals surface area contributed by atoms with Gasteiger partial charge in [0.2, 0.25) is 11.9 Å². The number of methoxy groups -OCH3 is 1. The molecule has 2 aromatic heterocycles. The second kappa shape index (κ2) is 7.67. The van der Waals surface area contributed by atoms with Crippen molar-refractivity contribution in [3.63, 3.8) is 0 Å². The first-order valence-corrected chi connectivity index (χ1v) is 8.88. The average Bonchev–Trinajstić information content (AvgIpc) is 3.03. The third-order valence-electron chi connectivity index (χ3n) is 3.49. The Labute approximate surface area is 159 Å². The molecule has 9 heteroatoms. The lowest BCUT2D eigenvalue weighted by atomic mass is 10.3. The van der Waals surface area contributed by atoms with Gasteiger partial charge in [0.25, 0.3) is 0 Å². The van der Waals surface area contributed by atoms with Crippen LogP contribution in [-0.2, 0) is 4.79 Å². The summed E-state index contributed by atoms with van der Waals surface area (Å²) in [4.78, 5) is 25.2. The molecule has 1 aromatic carbocycles. The fourth-order valence-electron chi connectivity index (χ4n) is 2.26. The Morgan fingerprint density at radius 3 is 2.88 bits per heavy atom. The summed E-state index contributed by atoms with van der Waals surface area (Å²) >= 11 is 7.29. The van der Waals surface area contributed by atoms with Gasteiger partial charge in [-0.05, 0) is 25.1 Å². The van der Waals surface area contributed by atoms with Gasteiger partial charge in [-0.3, -0.25) is 4.79 Å². The minimum atomic E-state index is -0.955. The largest absolute Gasteiger partial charge is 0.497 e. The summed E-state index contributed by atoms with van der Waals surface area (Å²) in [6.07, 6.45) is 1.65. The second-order valence-corrected chi connectivity index (χ2v) is 6.82. The number of carbonyl (C=O) groups excluding carboxylic acids is 1. The molecule has 0 aliphatic heterocycles. The van der Waals surface area contributed by atoms with Crippen molar-refractivity contribution in [2.24, 2.45) is 5.73 Å². The number of aryl methyl sites for hydroxylation is 1. The molecule has 1 atom stereocenters. The number of nitrogens with zero attached hydrogens (tertiary/aromatic N) is 3. The molecule has 0 fully saturated rings. The zero-order valence-electron chi connectivity index (χ0n) is 14.1. The first-order valence-electron chi connectivity index (χ1n) is 7.63. The summed E-state index contributed by atoms with van der Waals surface area (Å²) in [6.45, 7) is 1.83. The molecule has 1 amide bonds. The predicted octanol–water partition coefficient (Wildman–Crippen LogP) is 3.43. The van der Waals surface area contributed by atoms with Crippen LogP contribution in [0, 0.1) is 6.92 Å². The number of nitrogens with two attached hydrogens (primary N) is 1. The normalized spacial score (nSPS) is 11.8. The molecule has 0 spiro atoms. The second-order valence-electron chi connectivity index (χ2n) is 5.35. The highest BCUT2D eigenvalue weighted by atomic mass is 35.5. The van der Waals surface area contributed by atoms with E-state index in [0.29, 0.717) is 16.6 Å². The number of rotatable bonds is 6. The van der Waals surface area contributed by atoms with Gasteiger partial charge in [0, 0.05) is 18.0 Å². The highest BCUT2D eigenvalue weighted by molar-refractivity contribution is 7.15. The van der Waals surface area contributed by atoms with Crippen LogP contribution in [0.3, 0.4) is 0 Å². The van der Waals surface area contributed by atoms with Gasteiger partial charge in [-0.15, -0.1) is 22.9 Å². The SMILES string of the molecule is COc1cccc(Nc2nccc(-c3sc(C(Cl)C(N)=O)nc3C)n2)c1. The molecule has 0 bridgehead atoms. The van der Waals surface area contributed by atoms with Crippen LogP contribution in [0.25, 0.3) is 10.6 Å². The predicted molar refractivity (Wildman–Crippen MR) is 102 cm³/mol. The van der Waals surface area contributed by atoms with Crippen LogP contribution >= 0.6 is 22.9 Å². The highest BCUT2D eigenvalue weighted by Gasteiger charge is 2.21. The van der Waals surface area contributed by atoms with Crippen LogP contribution in [-0.4, -0.2) is 28.0 Å². The molecule has 134 valence electrons. The van der Waals surface area contributed by atoms with Gasteiger partial charge in [0.1, 0.15) is 10.8 Å². The van der Waals surface area contributed by atoms with Crippen LogP contribution in [0.1, 0.15) is 16.1 Å². The Morgan fingerprint density at radius 2 is 2.15 bits per heavy atom. The molecular formula is C17H16ClN5O2S. The van der Waals surface area contributed by atoms with E-state index in [9.17, 15) is 4.79 Å². The smallest absolute Gasteiger partial charge is 0.242 e. The quantitative estimate of drug-likeness (QED) is 0.626. The van der Waals surface area contributed by atoms with Crippen molar-refractivity contribution in [1.29, 1.82) is 0 Å². The molecule has 2 heterocycles. The molecule has 26 heavy (non-hydrogen) atoms. The molecule has 0 saturated carbocycles. The maximum atomic E-state index is 11.3. The summed E-state index contributed by atoms with van der Waals surface area (Å²) in [6, 6.07) is 9.23. The van der Waals surface area contributed by atoms with Gasteiger partial charge in [0.15, 0.2) is 5.38 Å². The first kappa shape index (κ1) is 18.1. The lowest BCUT2D eigenvalue weighted by Crippen LogP contribution is -2.16. The Kier molecular flexibility index (Phi) is 5.34. The van der Waals surface area contributed by atoms with E-state index in [-0.39, 0.29) is 0 Å². The third kappa shape index (κ3) is 3.92. The Morgan fingerprint density at radius 1 is 1.35 bits per heavy atom. The van der Waals surface area contributed by atoms with Crippen LogP contribution in [0.2, 0.25) is 0 Å². The van der Waals surface area contributed by atoms with Crippen molar-refractivity contribution in [3.05, 3.63) is 47.2 Å². The van der Waals surface area contributed by atoms with E-state index in [4.69, 9.17) is 22.1 Å². The van der Waals surface area contributed by atoms with E-state index in [0.717, 1.165) is 22.0 Å². The van der Waals surface area contributed by atoms with Crippen molar-refractivity contribution in [3.8, 4) is 16.3 Å². The third-order valence-corrected chi connectivity index (χ3v) is 5.29. The van der Waals surface area contributed by atoms with E-state index >= 15 is 0 Å². The number of alkyl halides is 1.